The number of hydrogen-bond acceptors (Lipinski definition) is 5. The van der Waals surface area contributed by atoms with Crippen LogP contribution < -0.4 is 4.90 Å². The molecule has 0 radical (unpaired) electrons. The van der Waals surface area contributed by atoms with Crippen molar-refractivity contribution < 1.29 is 9.53 Å². The Bertz CT molecular complexity index is 1070. The van der Waals surface area contributed by atoms with Crippen molar-refractivity contribution in [2.45, 2.75) is 32.3 Å². The number of carbonyl (C=O) groups excluding carboxylic acids is 1. The first-order valence-corrected chi connectivity index (χ1v) is 11.6. The quantitative estimate of drug-likeness (QED) is 0.526. The number of benzene rings is 2. The van der Waals surface area contributed by atoms with Gasteiger partial charge in [0.2, 0.25) is 5.95 Å². The van der Waals surface area contributed by atoms with Crippen LogP contribution in [0.3, 0.4) is 0 Å². The molecule has 1 unspecified atom stereocenters. The lowest BCUT2D eigenvalue weighted by Crippen LogP contribution is -2.39. The highest BCUT2D eigenvalue weighted by Crippen LogP contribution is 2.34. The summed E-state index contributed by atoms with van der Waals surface area (Å²) < 4.78 is 5.46. The highest BCUT2D eigenvalue weighted by Gasteiger charge is 2.29. The standard InChI is InChI=1S/C27H32N4O2/c1-4-33-19-20-12-14-22(15-13-20)26(32)31-16-8-11-23(18-31)25-24(21-9-6-5-7-10-21)17-28-27(29-25)30(2)3/h5-7,9-10,12-15,17,23H,4,8,11,16,18-19H2,1-3H3. The molecular weight excluding hydrogens is 412 g/mol. The summed E-state index contributed by atoms with van der Waals surface area (Å²) >= 11 is 0. The molecule has 1 aliphatic rings. The van der Waals surface area contributed by atoms with Crippen LogP contribution in [0.4, 0.5) is 5.95 Å². The number of ether oxygens (including phenoxy) is 1. The number of likely N-dealkylation sites (tertiary alicyclic amines) is 1. The maximum Gasteiger partial charge on any atom is 0.253 e. The van der Waals surface area contributed by atoms with E-state index in [1.807, 2.05) is 79.5 Å². The normalized spacial score (nSPS) is 16.0. The van der Waals surface area contributed by atoms with Gasteiger partial charge in [0, 0.05) is 57.0 Å². The number of carbonyl (C=O) groups is 1. The Morgan fingerprint density at radius 1 is 1.12 bits per heavy atom. The largest absolute Gasteiger partial charge is 0.377 e. The molecule has 1 aliphatic heterocycles. The Morgan fingerprint density at radius 2 is 1.88 bits per heavy atom. The van der Waals surface area contributed by atoms with E-state index < -0.39 is 0 Å². The van der Waals surface area contributed by atoms with E-state index >= 15 is 0 Å². The first-order valence-electron chi connectivity index (χ1n) is 11.6. The molecule has 0 aliphatic carbocycles. The van der Waals surface area contributed by atoms with Crippen LogP contribution in [0.15, 0.2) is 60.8 Å². The van der Waals surface area contributed by atoms with Crippen molar-refractivity contribution in [1.29, 1.82) is 0 Å². The second kappa shape index (κ2) is 10.6. The number of anilines is 1. The Kier molecular flexibility index (Phi) is 7.35. The number of piperidine rings is 1. The third-order valence-electron chi connectivity index (χ3n) is 6.06. The van der Waals surface area contributed by atoms with Gasteiger partial charge >= 0.3 is 0 Å². The monoisotopic (exact) mass is 444 g/mol. The number of rotatable bonds is 7. The highest BCUT2D eigenvalue weighted by molar-refractivity contribution is 5.94. The molecule has 6 heteroatoms. The SMILES string of the molecule is CCOCc1ccc(C(=O)N2CCCC(c3nc(N(C)C)ncc3-c3ccccc3)C2)cc1. The second-order valence-electron chi connectivity index (χ2n) is 8.65. The van der Waals surface area contributed by atoms with Gasteiger partial charge in [0.1, 0.15) is 0 Å². The van der Waals surface area contributed by atoms with Gasteiger partial charge in [-0.2, -0.15) is 0 Å². The topological polar surface area (TPSA) is 58.6 Å². The second-order valence-corrected chi connectivity index (χ2v) is 8.65. The zero-order chi connectivity index (χ0) is 23.2. The van der Waals surface area contributed by atoms with Gasteiger partial charge in [-0.1, -0.05) is 42.5 Å². The molecule has 1 atom stereocenters. The number of nitrogens with zero attached hydrogens (tertiary/aromatic N) is 4. The summed E-state index contributed by atoms with van der Waals surface area (Å²) in [5.41, 5.74) is 4.96. The fraction of sp³-hybridized carbons (Fsp3) is 0.370. The minimum atomic E-state index is 0.0748. The zero-order valence-electron chi connectivity index (χ0n) is 19.7. The summed E-state index contributed by atoms with van der Waals surface area (Å²) in [5.74, 6) is 0.931. The number of aromatic nitrogens is 2. The molecule has 1 aromatic heterocycles. The van der Waals surface area contributed by atoms with Crippen LogP contribution in [0, 0.1) is 0 Å². The van der Waals surface area contributed by atoms with Crippen molar-refractivity contribution in [3.05, 3.63) is 77.6 Å². The Labute approximate surface area is 196 Å². The molecule has 3 aromatic rings. The summed E-state index contributed by atoms with van der Waals surface area (Å²) in [6.45, 7) is 4.65. The summed E-state index contributed by atoms with van der Waals surface area (Å²) in [4.78, 5) is 26.7. The summed E-state index contributed by atoms with van der Waals surface area (Å²) in [6, 6.07) is 18.0. The van der Waals surface area contributed by atoms with E-state index in [1.165, 1.54) is 0 Å². The van der Waals surface area contributed by atoms with E-state index in [0.29, 0.717) is 25.7 Å². The van der Waals surface area contributed by atoms with Crippen LogP contribution in [0.1, 0.15) is 47.3 Å². The van der Waals surface area contributed by atoms with Crippen LogP contribution >= 0.6 is 0 Å². The molecule has 1 fully saturated rings. The highest BCUT2D eigenvalue weighted by atomic mass is 16.5. The van der Waals surface area contributed by atoms with E-state index in [4.69, 9.17) is 9.72 Å². The third kappa shape index (κ3) is 5.40. The number of amides is 1. The molecule has 2 aromatic carbocycles. The van der Waals surface area contributed by atoms with E-state index in [1.54, 1.807) is 0 Å². The van der Waals surface area contributed by atoms with Crippen molar-refractivity contribution in [2.24, 2.45) is 0 Å². The van der Waals surface area contributed by atoms with Crippen molar-refractivity contribution in [3.8, 4) is 11.1 Å². The predicted octanol–water partition coefficient (Wildman–Crippen LogP) is 4.77. The summed E-state index contributed by atoms with van der Waals surface area (Å²) in [5, 5.41) is 0. The van der Waals surface area contributed by atoms with Crippen LogP contribution in [-0.4, -0.2) is 54.6 Å². The lowest BCUT2D eigenvalue weighted by atomic mass is 9.89. The van der Waals surface area contributed by atoms with E-state index in [0.717, 1.165) is 47.3 Å². The molecule has 1 saturated heterocycles. The first kappa shape index (κ1) is 22.9. The average Bonchev–Trinajstić information content (AvgIpc) is 2.87. The summed E-state index contributed by atoms with van der Waals surface area (Å²) in [6.07, 6.45) is 3.88. The van der Waals surface area contributed by atoms with Crippen molar-refractivity contribution in [2.75, 3.05) is 38.7 Å². The van der Waals surface area contributed by atoms with Gasteiger partial charge in [0.05, 0.1) is 12.3 Å². The third-order valence-corrected chi connectivity index (χ3v) is 6.06. The molecule has 0 saturated carbocycles. The molecule has 0 spiro atoms. The van der Waals surface area contributed by atoms with Gasteiger partial charge < -0.3 is 14.5 Å². The van der Waals surface area contributed by atoms with Gasteiger partial charge in [-0.15, -0.1) is 0 Å². The molecule has 33 heavy (non-hydrogen) atoms. The Hall–Kier alpha value is -3.25. The van der Waals surface area contributed by atoms with Crippen molar-refractivity contribution >= 4 is 11.9 Å². The number of hydrogen-bond donors (Lipinski definition) is 0. The van der Waals surface area contributed by atoms with Crippen molar-refractivity contribution in [1.82, 2.24) is 14.9 Å². The average molecular weight is 445 g/mol. The fourth-order valence-corrected chi connectivity index (χ4v) is 4.28. The molecule has 6 nitrogen and oxygen atoms in total. The van der Waals surface area contributed by atoms with Gasteiger partial charge in [0.25, 0.3) is 5.91 Å². The molecule has 0 bridgehead atoms. The maximum atomic E-state index is 13.3. The maximum absolute atomic E-state index is 13.3. The van der Waals surface area contributed by atoms with E-state index in [2.05, 4.69) is 17.1 Å². The van der Waals surface area contributed by atoms with Crippen LogP contribution in [0.2, 0.25) is 0 Å². The molecule has 0 N–H and O–H groups in total. The molecule has 1 amide bonds. The van der Waals surface area contributed by atoms with Crippen molar-refractivity contribution in [3.63, 3.8) is 0 Å². The van der Waals surface area contributed by atoms with Gasteiger partial charge in [-0.3, -0.25) is 4.79 Å². The molecule has 172 valence electrons. The van der Waals surface area contributed by atoms with Crippen LogP contribution in [0.25, 0.3) is 11.1 Å². The Morgan fingerprint density at radius 3 is 2.58 bits per heavy atom. The minimum Gasteiger partial charge on any atom is -0.377 e. The van der Waals surface area contributed by atoms with E-state index in [9.17, 15) is 4.79 Å². The zero-order valence-corrected chi connectivity index (χ0v) is 19.7. The molecular formula is C27H32N4O2. The summed E-state index contributed by atoms with van der Waals surface area (Å²) in [7, 11) is 3.90. The van der Waals surface area contributed by atoms with Crippen LogP contribution in [-0.2, 0) is 11.3 Å². The predicted molar refractivity (Wildman–Crippen MR) is 131 cm³/mol. The minimum absolute atomic E-state index is 0.0748. The van der Waals surface area contributed by atoms with E-state index in [-0.39, 0.29) is 11.8 Å². The van der Waals surface area contributed by atoms with Gasteiger partial charge in [-0.25, -0.2) is 9.97 Å². The lowest BCUT2D eigenvalue weighted by molar-refractivity contribution is 0.0706. The van der Waals surface area contributed by atoms with Gasteiger partial charge in [-0.05, 0) is 43.0 Å². The fourth-order valence-electron chi connectivity index (χ4n) is 4.28. The van der Waals surface area contributed by atoms with Gasteiger partial charge in [0.15, 0.2) is 0 Å². The van der Waals surface area contributed by atoms with Crippen LogP contribution in [0.5, 0.6) is 0 Å². The Balaban J connectivity index is 1.58. The molecule has 4 rings (SSSR count). The molecule has 2 heterocycles. The lowest BCUT2D eigenvalue weighted by Gasteiger charge is -2.33. The first-order chi connectivity index (χ1) is 16.1. The smallest absolute Gasteiger partial charge is 0.253 e.